The summed E-state index contributed by atoms with van der Waals surface area (Å²) in [6, 6.07) is 6.09. The second-order valence-corrected chi connectivity index (χ2v) is 8.73. The Bertz CT molecular complexity index is 959. The number of carbonyl (C=O) groups excluding carboxylic acids is 2. The van der Waals surface area contributed by atoms with Crippen molar-refractivity contribution in [3.63, 3.8) is 0 Å². The van der Waals surface area contributed by atoms with Crippen LogP contribution in [-0.2, 0) is 16.0 Å². The predicted molar refractivity (Wildman–Crippen MR) is 122 cm³/mol. The van der Waals surface area contributed by atoms with Crippen LogP contribution in [0.15, 0.2) is 30.5 Å². The zero-order chi connectivity index (χ0) is 23.3. The van der Waals surface area contributed by atoms with E-state index in [-0.39, 0.29) is 11.9 Å². The number of piperidine rings is 1. The van der Waals surface area contributed by atoms with Gasteiger partial charge in [0.2, 0.25) is 5.91 Å². The van der Waals surface area contributed by atoms with Crippen molar-refractivity contribution in [3.8, 4) is 0 Å². The van der Waals surface area contributed by atoms with Crippen molar-refractivity contribution in [2.75, 3.05) is 19.6 Å². The fourth-order valence-electron chi connectivity index (χ4n) is 4.51. The first-order chi connectivity index (χ1) is 15.3. The third-order valence-corrected chi connectivity index (χ3v) is 6.22. The number of nitrogens with one attached hydrogen (secondary N) is 1. The lowest BCUT2D eigenvalue weighted by Gasteiger charge is -2.29. The zero-order valence-corrected chi connectivity index (χ0v) is 18.5. The summed E-state index contributed by atoms with van der Waals surface area (Å²) in [7, 11) is 0. The molecule has 2 aliphatic heterocycles. The van der Waals surface area contributed by atoms with Gasteiger partial charge in [0.05, 0.1) is 6.04 Å². The molecular formula is C23H33N5O4. The predicted octanol–water partition coefficient (Wildman–Crippen LogP) is 1.91. The zero-order valence-electron chi connectivity index (χ0n) is 18.5. The molecule has 2 fully saturated rings. The van der Waals surface area contributed by atoms with Crippen LogP contribution in [0.1, 0.15) is 38.2 Å². The van der Waals surface area contributed by atoms with Crippen molar-refractivity contribution in [2.45, 2.75) is 51.1 Å². The number of hydrogen-bond acceptors (Lipinski definition) is 4. The number of aromatic nitrogens is 1. The second kappa shape index (κ2) is 10.5. The van der Waals surface area contributed by atoms with Gasteiger partial charge in [-0.05, 0) is 49.7 Å². The molecule has 0 saturated carbocycles. The van der Waals surface area contributed by atoms with E-state index in [1.54, 1.807) is 4.90 Å². The van der Waals surface area contributed by atoms with Gasteiger partial charge >= 0.3 is 12.0 Å². The summed E-state index contributed by atoms with van der Waals surface area (Å²) in [5.74, 6) is -0.610. The Morgan fingerprint density at radius 1 is 1.19 bits per heavy atom. The lowest BCUT2D eigenvalue weighted by Crippen LogP contribution is -2.49. The Kier molecular flexibility index (Phi) is 7.74. The average Bonchev–Trinajstić information content (AvgIpc) is 3.41. The number of primary amides is 1. The fraction of sp³-hybridized carbons (Fsp3) is 0.522. The molecule has 1 aromatic carbocycles. The minimum atomic E-state index is -0.954. The van der Waals surface area contributed by atoms with Crippen molar-refractivity contribution in [2.24, 2.45) is 17.4 Å². The van der Waals surface area contributed by atoms with Gasteiger partial charge in [0.1, 0.15) is 6.04 Å². The fourth-order valence-corrected chi connectivity index (χ4v) is 4.51. The van der Waals surface area contributed by atoms with Crippen LogP contribution in [0.3, 0.4) is 0 Å². The van der Waals surface area contributed by atoms with E-state index >= 15 is 0 Å². The second-order valence-electron chi connectivity index (χ2n) is 8.73. The van der Waals surface area contributed by atoms with E-state index in [9.17, 15) is 19.5 Å². The van der Waals surface area contributed by atoms with Crippen LogP contribution in [0.4, 0.5) is 4.79 Å². The number of nitrogens with two attached hydrogens (primary N) is 2. The molecule has 9 heteroatoms. The SMILES string of the molecule is CC1CCCN(C(N)=O)C1.N[C@H](Cc1c[nH]c2ccccc12)C(=O)N1CCC[C@@H]1C(=O)O. The van der Waals surface area contributed by atoms with E-state index in [0.29, 0.717) is 31.7 Å². The van der Waals surface area contributed by atoms with Crippen LogP contribution < -0.4 is 11.5 Å². The van der Waals surface area contributed by atoms with E-state index in [2.05, 4.69) is 11.9 Å². The number of amides is 3. The van der Waals surface area contributed by atoms with Gasteiger partial charge in [-0.15, -0.1) is 0 Å². The van der Waals surface area contributed by atoms with Gasteiger partial charge in [0, 0.05) is 36.7 Å². The topological polar surface area (TPSA) is 146 Å². The third-order valence-electron chi connectivity index (χ3n) is 6.22. The minimum absolute atomic E-state index is 0.272. The molecule has 2 aromatic rings. The van der Waals surface area contributed by atoms with Gasteiger partial charge in [-0.1, -0.05) is 25.1 Å². The van der Waals surface area contributed by atoms with Crippen LogP contribution in [0.2, 0.25) is 0 Å². The summed E-state index contributed by atoms with van der Waals surface area (Å²) in [5, 5.41) is 10.2. The largest absolute Gasteiger partial charge is 0.480 e. The first-order valence-electron chi connectivity index (χ1n) is 11.2. The van der Waals surface area contributed by atoms with E-state index in [0.717, 1.165) is 36.0 Å². The highest BCUT2D eigenvalue weighted by Crippen LogP contribution is 2.22. The van der Waals surface area contributed by atoms with Crippen molar-refractivity contribution in [1.82, 2.24) is 14.8 Å². The third kappa shape index (κ3) is 5.59. The van der Waals surface area contributed by atoms with Crippen molar-refractivity contribution < 1.29 is 19.5 Å². The van der Waals surface area contributed by atoms with Crippen molar-refractivity contribution in [1.29, 1.82) is 0 Å². The number of benzene rings is 1. The Hall–Kier alpha value is -3.07. The van der Waals surface area contributed by atoms with Crippen LogP contribution in [-0.4, -0.2) is 69.5 Å². The molecule has 9 nitrogen and oxygen atoms in total. The number of nitrogens with zero attached hydrogens (tertiary/aromatic N) is 2. The summed E-state index contributed by atoms with van der Waals surface area (Å²) in [4.78, 5) is 40.6. The number of fused-ring (bicyclic) bond motifs is 1. The molecule has 3 atom stereocenters. The Morgan fingerprint density at radius 2 is 1.91 bits per heavy atom. The van der Waals surface area contributed by atoms with E-state index in [1.165, 1.54) is 11.3 Å². The smallest absolute Gasteiger partial charge is 0.326 e. The molecule has 6 N–H and O–H groups in total. The highest BCUT2D eigenvalue weighted by molar-refractivity contribution is 5.89. The molecule has 3 amide bonds. The van der Waals surface area contributed by atoms with E-state index in [1.807, 2.05) is 30.5 Å². The number of carboxylic acids is 1. The Balaban J connectivity index is 0.000000243. The van der Waals surface area contributed by atoms with Gasteiger partial charge in [0.15, 0.2) is 0 Å². The first-order valence-corrected chi connectivity index (χ1v) is 11.2. The molecule has 0 bridgehead atoms. The molecule has 0 aliphatic carbocycles. The molecule has 4 rings (SSSR count). The summed E-state index contributed by atoms with van der Waals surface area (Å²) in [6.07, 6.45) is 5.79. The van der Waals surface area contributed by atoms with Gasteiger partial charge in [0.25, 0.3) is 0 Å². The number of H-pyrrole nitrogens is 1. The number of hydrogen-bond donors (Lipinski definition) is 4. The first kappa shape index (κ1) is 23.6. The molecule has 1 unspecified atom stereocenters. The summed E-state index contributed by atoms with van der Waals surface area (Å²) >= 11 is 0. The number of aromatic amines is 1. The highest BCUT2D eigenvalue weighted by Gasteiger charge is 2.36. The number of carbonyl (C=O) groups is 3. The molecule has 1 aromatic heterocycles. The summed E-state index contributed by atoms with van der Waals surface area (Å²) in [6.45, 7) is 4.31. The molecule has 0 spiro atoms. The van der Waals surface area contributed by atoms with Gasteiger partial charge in [-0.25, -0.2) is 9.59 Å². The van der Waals surface area contributed by atoms with E-state index < -0.39 is 18.1 Å². The number of para-hydroxylation sites is 1. The maximum atomic E-state index is 12.4. The number of aliphatic carboxylic acids is 1. The molecule has 2 aliphatic rings. The molecule has 2 saturated heterocycles. The molecule has 0 radical (unpaired) electrons. The maximum Gasteiger partial charge on any atom is 0.326 e. The number of urea groups is 1. The molecule has 32 heavy (non-hydrogen) atoms. The molecular weight excluding hydrogens is 410 g/mol. The minimum Gasteiger partial charge on any atom is -0.480 e. The number of carboxylic acid groups (broad SMARTS) is 1. The van der Waals surface area contributed by atoms with Crippen molar-refractivity contribution >= 4 is 28.8 Å². The monoisotopic (exact) mass is 443 g/mol. The Morgan fingerprint density at radius 3 is 2.56 bits per heavy atom. The average molecular weight is 444 g/mol. The number of likely N-dealkylation sites (tertiary alicyclic amines) is 2. The lowest BCUT2D eigenvalue weighted by atomic mass is 10.0. The quantitative estimate of drug-likeness (QED) is 0.570. The summed E-state index contributed by atoms with van der Waals surface area (Å²) in [5.41, 5.74) is 13.1. The van der Waals surface area contributed by atoms with E-state index in [4.69, 9.17) is 11.5 Å². The van der Waals surface area contributed by atoms with Crippen molar-refractivity contribution in [3.05, 3.63) is 36.0 Å². The Labute approximate surface area is 187 Å². The van der Waals surface area contributed by atoms with Crippen LogP contribution in [0, 0.1) is 5.92 Å². The highest BCUT2D eigenvalue weighted by atomic mass is 16.4. The normalized spacial score (nSPS) is 21.7. The summed E-state index contributed by atoms with van der Waals surface area (Å²) < 4.78 is 0. The van der Waals surface area contributed by atoms with Crippen LogP contribution in [0.5, 0.6) is 0 Å². The van der Waals surface area contributed by atoms with Crippen LogP contribution >= 0.6 is 0 Å². The molecule has 174 valence electrons. The standard InChI is InChI=1S/C16H19N3O3.C7H14N2O/c17-12(15(20)19-7-3-6-14(19)16(21)22)8-10-9-18-13-5-2-1-4-11(10)13;1-6-3-2-4-9(5-6)7(8)10/h1-2,4-5,9,12,14,18H,3,6-8,17H2,(H,21,22);6H,2-5H2,1H3,(H2,8,10)/t12-,14-;/m1./s1. The van der Waals surface area contributed by atoms with Gasteiger partial charge in [-0.3, -0.25) is 4.79 Å². The van der Waals surface area contributed by atoms with Gasteiger partial charge in [-0.2, -0.15) is 0 Å². The van der Waals surface area contributed by atoms with Gasteiger partial charge < -0.3 is 31.4 Å². The van der Waals surface area contributed by atoms with Crippen LogP contribution in [0.25, 0.3) is 10.9 Å². The molecule has 3 heterocycles. The number of rotatable bonds is 4. The maximum absolute atomic E-state index is 12.4. The lowest BCUT2D eigenvalue weighted by molar-refractivity contribution is -0.148.